The number of nitrogens with zero attached hydrogens (tertiary/aromatic N) is 2. The number of nitro groups is 1. The highest BCUT2D eigenvalue weighted by molar-refractivity contribution is 5.82. The first-order chi connectivity index (χ1) is 14.0. The lowest BCUT2D eigenvalue weighted by molar-refractivity contribution is -0.384. The van der Waals surface area contributed by atoms with E-state index in [1.165, 1.54) is 12.3 Å². The summed E-state index contributed by atoms with van der Waals surface area (Å²) in [7, 11) is 0. The summed E-state index contributed by atoms with van der Waals surface area (Å²) in [6.45, 7) is 3.64. The van der Waals surface area contributed by atoms with Crippen molar-refractivity contribution in [1.82, 2.24) is 5.43 Å². The van der Waals surface area contributed by atoms with Crippen LogP contribution in [0.3, 0.4) is 0 Å². The molecule has 0 spiro atoms. The van der Waals surface area contributed by atoms with Gasteiger partial charge in [0, 0.05) is 6.07 Å². The van der Waals surface area contributed by atoms with Crippen molar-refractivity contribution in [2.45, 2.75) is 13.8 Å². The first kappa shape index (κ1) is 19.8. The molecular formula is C21H19N3O5. The zero-order valence-corrected chi connectivity index (χ0v) is 15.9. The van der Waals surface area contributed by atoms with Crippen molar-refractivity contribution in [2.24, 2.45) is 5.10 Å². The van der Waals surface area contributed by atoms with Gasteiger partial charge in [-0.25, -0.2) is 5.43 Å². The summed E-state index contributed by atoms with van der Waals surface area (Å²) >= 11 is 0. The number of aryl methyl sites for hydroxylation is 2. The predicted octanol–water partition coefficient (Wildman–Crippen LogP) is 4.00. The van der Waals surface area contributed by atoms with Gasteiger partial charge in [0.25, 0.3) is 11.6 Å². The molecule has 0 unspecified atom stereocenters. The molecule has 0 fully saturated rings. The van der Waals surface area contributed by atoms with Crippen molar-refractivity contribution in [1.29, 1.82) is 0 Å². The van der Waals surface area contributed by atoms with Crippen molar-refractivity contribution in [3.05, 3.63) is 81.6 Å². The summed E-state index contributed by atoms with van der Waals surface area (Å²) in [6, 6.07) is 15.2. The summed E-state index contributed by atoms with van der Waals surface area (Å²) in [6.07, 6.45) is 1.31. The normalized spacial score (nSPS) is 10.8. The Balaban J connectivity index is 1.59. The first-order valence-electron chi connectivity index (χ1n) is 8.80. The number of amides is 1. The third-order valence-electron chi connectivity index (χ3n) is 4.13. The highest BCUT2D eigenvalue weighted by Crippen LogP contribution is 2.30. The number of ether oxygens (including phenoxy) is 1. The topological polar surface area (TPSA) is 107 Å². The Morgan fingerprint density at radius 1 is 1.14 bits per heavy atom. The van der Waals surface area contributed by atoms with Crippen LogP contribution in [0.4, 0.5) is 5.69 Å². The maximum atomic E-state index is 11.9. The van der Waals surface area contributed by atoms with E-state index in [2.05, 4.69) is 10.5 Å². The number of hydrogen-bond acceptors (Lipinski definition) is 6. The third-order valence-corrected chi connectivity index (χ3v) is 4.13. The lowest BCUT2D eigenvalue weighted by Gasteiger charge is -2.10. The van der Waals surface area contributed by atoms with Crippen molar-refractivity contribution in [3.63, 3.8) is 0 Å². The SMILES string of the molecule is Cc1cccc(C)c1OCC(=O)NN=Cc1ccc(-c2ccccc2[N+](=O)[O-])o1. The summed E-state index contributed by atoms with van der Waals surface area (Å²) < 4.78 is 11.1. The van der Waals surface area contributed by atoms with Gasteiger partial charge in [-0.3, -0.25) is 14.9 Å². The van der Waals surface area contributed by atoms with E-state index in [4.69, 9.17) is 9.15 Å². The summed E-state index contributed by atoms with van der Waals surface area (Å²) in [5, 5.41) is 15.0. The summed E-state index contributed by atoms with van der Waals surface area (Å²) in [5.74, 6) is 0.929. The van der Waals surface area contributed by atoms with Gasteiger partial charge in [0.05, 0.1) is 16.7 Å². The van der Waals surface area contributed by atoms with Gasteiger partial charge in [-0.05, 0) is 43.2 Å². The number of furan rings is 1. The average Bonchev–Trinajstić information content (AvgIpc) is 3.16. The van der Waals surface area contributed by atoms with Crippen molar-refractivity contribution in [2.75, 3.05) is 6.61 Å². The van der Waals surface area contributed by atoms with Crippen LogP contribution in [0.1, 0.15) is 16.9 Å². The number of rotatable bonds is 7. The second-order valence-corrected chi connectivity index (χ2v) is 6.28. The van der Waals surface area contributed by atoms with Crippen LogP contribution in [-0.2, 0) is 4.79 Å². The second-order valence-electron chi connectivity index (χ2n) is 6.28. The molecule has 8 heteroatoms. The molecular weight excluding hydrogens is 374 g/mol. The molecule has 0 saturated carbocycles. The Hall–Kier alpha value is -3.94. The Bertz CT molecular complexity index is 1050. The minimum absolute atomic E-state index is 0.0534. The fraction of sp³-hybridized carbons (Fsp3) is 0.143. The molecule has 148 valence electrons. The van der Waals surface area contributed by atoms with E-state index in [9.17, 15) is 14.9 Å². The van der Waals surface area contributed by atoms with Crippen LogP contribution in [0, 0.1) is 24.0 Å². The van der Waals surface area contributed by atoms with E-state index in [0.29, 0.717) is 22.8 Å². The smallest absolute Gasteiger partial charge is 0.280 e. The van der Waals surface area contributed by atoms with Crippen molar-refractivity contribution >= 4 is 17.8 Å². The fourth-order valence-corrected chi connectivity index (χ4v) is 2.77. The number of para-hydroxylation sites is 2. The van der Waals surface area contributed by atoms with Gasteiger partial charge in [0.2, 0.25) is 0 Å². The molecule has 2 aromatic carbocycles. The number of nitrogens with one attached hydrogen (secondary N) is 1. The van der Waals surface area contributed by atoms with Gasteiger partial charge in [0.1, 0.15) is 17.3 Å². The van der Waals surface area contributed by atoms with Crippen molar-refractivity contribution < 1.29 is 18.9 Å². The summed E-state index contributed by atoms with van der Waals surface area (Å²) in [4.78, 5) is 22.6. The van der Waals surface area contributed by atoms with E-state index in [-0.39, 0.29) is 12.3 Å². The van der Waals surface area contributed by atoms with E-state index in [1.54, 1.807) is 30.3 Å². The first-order valence-corrected chi connectivity index (χ1v) is 8.80. The molecule has 0 atom stereocenters. The van der Waals surface area contributed by atoms with Crippen LogP contribution in [0.15, 0.2) is 64.1 Å². The number of hydrazone groups is 1. The molecule has 1 aromatic heterocycles. The van der Waals surface area contributed by atoms with Crippen LogP contribution in [0.25, 0.3) is 11.3 Å². The zero-order valence-electron chi connectivity index (χ0n) is 15.9. The minimum Gasteiger partial charge on any atom is -0.483 e. The fourth-order valence-electron chi connectivity index (χ4n) is 2.77. The number of carbonyl (C=O) groups excluding carboxylic acids is 1. The Kier molecular flexibility index (Phi) is 6.03. The molecule has 1 N–H and O–H groups in total. The molecule has 0 aliphatic rings. The van der Waals surface area contributed by atoms with Crippen LogP contribution < -0.4 is 10.2 Å². The van der Waals surface area contributed by atoms with Gasteiger partial charge in [-0.1, -0.05) is 30.3 Å². The standard InChI is InChI=1S/C21H19N3O5/c1-14-6-5-7-15(2)21(14)28-13-20(25)23-22-12-16-10-11-19(29-16)17-8-3-4-9-18(17)24(26)27/h3-12H,13H2,1-2H3,(H,23,25). The molecule has 8 nitrogen and oxygen atoms in total. The molecule has 3 aromatic rings. The Morgan fingerprint density at radius 3 is 2.59 bits per heavy atom. The monoisotopic (exact) mass is 393 g/mol. The average molecular weight is 393 g/mol. The molecule has 0 saturated heterocycles. The van der Waals surface area contributed by atoms with Gasteiger partial charge >= 0.3 is 0 Å². The molecule has 1 amide bonds. The van der Waals surface area contributed by atoms with E-state index >= 15 is 0 Å². The maximum Gasteiger partial charge on any atom is 0.280 e. The highest BCUT2D eigenvalue weighted by atomic mass is 16.6. The molecule has 0 bridgehead atoms. The van der Waals surface area contributed by atoms with Crippen LogP contribution >= 0.6 is 0 Å². The quantitative estimate of drug-likeness (QED) is 0.371. The van der Waals surface area contributed by atoms with Crippen LogP contribution in [0.5, 0.6) is 5.75 Å². The largest absolute Gasteiger partial charge is 0.483 e. The van der Waals surface area contributed by atoms with E-state index in [1.807, 2.05) is 32.0 Å². The van der Waals surface area contributed by atoms with Crippen LogP contribution in [0.2, 0.25) is 0 Å². The molecule has 1 heterocycles. The Morgan fingerprint density at radius 2 is 1.86 bits per heavy atom. The highest BCUT2D eigenvalue weighted by Gasteiger charge is 2.16. The maximum absolute atomic E-state index is 11.9. The number of carbonyl (C=O) groups is 1. The van der Waals surface area contributed by atoms with Crippen molar-refractivity contribution in [3.8, 4) is 17.1 Å². The van der Waals surface area contributed by atoms with Crippen LogP contribution in [-0.4, -0.2) is 23.7 Å². The number of benzene rings is 2. The number of nitro benzene ring substituents is 1. The number of hydrogen-bond donors (Lipinski definition) is 1. The van der Waals surface area contributed by atoms with Gasteiger partial charge in [-0.2, -0.15) is 5.10 Å². The van der Waals surface area contributed by atoms with Gasteiger partial charge < -0.3 is 9.15 Å². The molecule has 29 heavy (non-hydrogen) atoms. The second kappa shape index (κ2) is 8.83. The van der Waals surface area contributed by atoms with Gasteiger partial charge in [0.15, 0.2) is 6.61 Å². The van der Waals surface area contributed by atoms with Gasteiger partial charge in [-0.15, -0.1) is 0 Å². The Labute approximate surface area is 167 Å². The van der Waals surface area contributed by atoms with E-state index < -0.39 is 10.8 Å². The molecule has 0 aliphatic carbocycles. The molecule has 0 radical (unpaired) electrons. The summed E-state index contributed by atoms with van der Waals surface area (Å²) in [5.41, 5.74) is 4.55. The lowest BCUT2D eigenvalue weighted by Crippen LogP contribution is -2.24. The third kappa shape index (κ3) is 4.86. The molecule has 3 rings (SSSR count). The predicted molar refractivity (Wildman–Crippen MR) is 108 cm³/mol. The lowest BCUT2D eigenvalue weighted by atomic mass is 10.1. The zero-order chi connectivity index (χ0) is 20.8. The minimum atomic E-state index is -0.470. The molecule has 0 aliphatic heterocycles. The van der Waals surface area contributed by atoms with E-state index in [0.717, 1.165) is 11.1 Å².